The van der Waals surface area contributed by atoms with Crippen LogP contribution in [0.4, 0.5) is 0 Å². The number of ketones is 2. The van der Waals surface area contributed by atoms with E-state index in [9.17, 15) is 14.4 Å². The number of rotatable bonds is 7. The third kappa shape index (κ3) is 3.22. The predicted molar refractivity (Wildman–Crippen MR) is 71.3 cm³/mol. The molecule has 2 rings (SSSR count). The fraction of sp³-hybridized carbons (Fsp3) is 0.786. The van der Waals surface area contributed by atoms with Crippen LogP contribution in [0.25, 0.3) is 0 Å². The first kappa shape index (κ1) is 13.8. The maximum Gasteiger partial charge on any atom is 0.207 e. The van der Waals surface area contributed by atoms with E-state index >= 15 is 0 Å². The van der Waals surface area contributed by atoms with Crippen LogP contribution in [0.3, 0.4) is 0 Å². The van der Waals surface area contributed by atoms with Gasteiger partial charge in [-0.3, -0.25) is 14.4 Å². The average molecular weight is 268 g/mol. The monoisotopic (exact) mass is 268 g/mol. The maximum atomic E-state index is 11.9. The summed E-state index contributed by atoms with van der Waals surface area (Å²) in [5, 5.41) is -0.229. The Morgan fingerprint density at radius 3 is 2.67 bits per heavy atom. The van der Waals surface area contributed by atoms with Gasteiger partial charge in [-0.15, -0.1) is 0 Å². The van der Waals surface area contributed by atoms with Crippen molar-refractivity contribution in [2.45, 2.75) is 45.4 Å². The van der Waals surface area contributed by atoms with Crippen molar-refractivity contribution < 1.29 is 14.4 Å². The summed E-state index contributed by atoms with van der Waals surface area (Å²) in [4.78, 5) is 34.8. The second-order valence-corrected chi connectivity index (χ2v) is 6.41. The van der Waals surface area contributed by atoms with E-state index in [1.165, 1.54) is 25.7 Å². The number of carbonyl (C=O) groups excluding carboxylic acids is 3. The first-order valence-corrected chi connectivity index (χ1v) is 7.84. The highest BCUT2D eigenvalue weighted by molar-refractivity contribution is 8.15. The molecule has 0 aromatic carbocycles. The zero-order valence-corrected chi connectivity index (χ0v) is 11.6. The van der Waals surface area contributed by atoms with Gasteiger partial charge >= 0.3 is 0 Å². The average Bonchev–Trinajstić information content (AvgIpc) is 2.96. The van der Waals surface area contributed by atoms with E-state index in [0.29, 0.717) is 18.3 Å². The van der Waals surface area contributed by atoms with Crippen molar-refractivity contribution in [2.75, 3.05) is 5.75 Å². The first-order valence-electron chi connectivity index (χ1n) is 6.85. The van der Waals surface area contributed by atoms with Crippen LogP contribution in [0.5, 0.6) is 0 Å². The molecular weight excluding hydrogens is 248 g/mol. The third-order valence-electron chi connectivity index (χ3n) is 3.95. The Labute approximate surface area is 112 Å². The molecule has 18 heavy (non-hydrogen) atoms. The van der Waals surface area contributed by atoms with Crippen LogP contribution in [0.15, 0.2) is 0 Å². The van der Waals surface area contributed by atoms with Gasteiger partial charge in [-0.1, -0.05) is 44.4 Å². The van der Waals surface area contributed by atoms with Gasteiger partial charge in [0.2, 0.25) is 5.12 Å². The van der Waals surface area contributed by atoms with Crippen molar-refractivity contribution >= 4 is 28.4 Å². The molecule has 2 fully saturated rings. The summed E-state index contributed by atoms with van der Waals surface area (Å²) in [6.45, 7) is 2.18. The molecule has 3 unspecified atom stereocenters. The molecule has 0 N–H and O–H groups in total. The minimum atomic E-state index is -0.924. The lowest BCUT2D eigenvalue weighted by atomic mass is 9.96. The normalized spacial score (nSPS) is 30.8. The number of hydrogen-bond donors (Lipinski definition) is 0. The molecule has 4 heteroatoms. The van der Waals surface area contributed by atoms with Crippen LogP contribution in [-0.4, -0.2) is 22.4 Å². The van der Waals surface area contributed by atoms with Crippen LogP contribution in [0.2, 0.25) is 0 Å². The van der Waals surface area contributed by atoms with Crippen molar-refractivity contribution in [1.29, 1.82) is 0 Å². The van der Waals surface area contributed by atoms with E-state index in [1.54, 1.807) is 0 Å². The highest BCUT2D eigenvalue weighted by Crippen LogP contribution is 2.45. The van der Waals surface area contributed by atoms with Gasteiger partial charge in [0.05, 0.1) is 5.75 Å². The van der Waals surface area contributed by atoms with Gasteiger partial charge in [-0.25, -0.2) is 0 Å². The summed E-state index contributed by atoms with van der Waals surface area (Å²) in [7, 11) is 0. The van der Waals surface area contributed by atoms with Crippen LogP contribution < -0.4 is 0 Å². The molecule has 0 aromatic heterocycles. The number of thioether (sulfide) groups is 1. The Morgan fingerprint density at radius 2 is 2.06 bits per heavy atom. The Morgan fingerprint density at radius 1 is 1.28 bits per heavy atom. The van der Waals surface area contributed by atoms with Crippen molar-refractivity contribution in [3.8, 4) is 0 Å². The molecule has 3 atom stereocenters. The lowest BCUT2D eigenvalue weighted by Crippen LogP contribution is -2.25. The molecule has 0 amide bonds. The lowest BCUT2D eigenvalue weighted by molar-refractivity contribution is -0.135. The van der Waals surface area contributed by atoms with Gasteiger partial charge in [-0.2, -0.15) is 0 Å². The summed E-state index contributed by atoms with van der Waals surface area (Å²) >= 11 is 0.998. The van der Waals surface area contributed by atoms with Crippen molar-refractivity contribution in [3.05, 3.63) is 0 Å². The smallest absolute Gasteiger partial charge is 0.207 e. The number of hydrogen-bond acceptors (Lipinski definition) is 4. The van der Waals surface area contributed by atoms with Gasteiger partial charge in [0.15, 0.2) is 11.6 Å². The number of carbonyl (C=O) groups is 3. The molecule has 1 aliphatic carbocycles. The van der Waals surface area contributed by atoms with E-state index in [4.69, 9.17) is 0 Å². The van der Waals surface area contributed by atoms with Gasteiger partial charge < -0.3 is 0 Å². The van der Waals surface area contributed by atoms with Crippen LogP contribution in [-0.2, 0) is 14.4 Å². The molecule has 1 aliphatic heterocycles. The topological polar surface area (TPSA) is 51.2 Å². The molecule has 1 heterocycles. The van der Waals surface area contributed by atoms with Gasteiger partial charge in [0, 0.05) is 6.42 Å². The lowest BCUT2D eigenvalue weighted by Gasteiger charge is -2.04. The van der Waals surface area contributed by atoms with Crippen molar-refractivity contribution in [3.63, 3.8) is 0 Å². The van der Waals surface area contributed by atoms with Crippen LogP contribution in [0, 0.1) is 17.8 Å². The molecule has 1 saturated heterocycles. The van der Waals surface area contributed by atoms with Gasteiger partial charge in [0.1, 0.15) is 5.92 Å². The number of unbranched alkanes of at least 4 members (excludes halogenated alkanes) is 2. The van der Waals surface area contributed by atoms with E-state index in [1.807, 2.05) is 0 Å². The second-order valence-electron chi connectivity index (χ2n) is 5.43. The summed E-state index contributed by atoms with van der Waals surface area (Å²) in [5.74, 6) is 0.0724. The molecule has 0 bridgehead atoms. The Balaban J connectivity index is 1.73. The van der Waals surface area contributed by atoms with Gasteiger partial charge in [-0.05, 0) is 18.3 Å². The Kier molecular flexibility index (Phi) is 4.60. The summed E-state index contributed by atoms with van der Waals surface area (Å²) in [5.41, 5.74) is 0. The largest absolute Gasteiger partial charge is 0.298 e. The predicted octanol–water partition coefficient (Wildman–Crippen LogP) is 2.62. The molecule has 3 nitrogen and oxygen atoms in total. The van der Waals surface area contributed by atoms with Crippen LogP contribution in [0.1, 0.15) is 45.4 Å². The zero-order valence-electron chi connectivity index (χ0n) is 10.8. The molecule has 0 radical (unpaired) electrons. The summed E-state index contributed by atoms with van der Waals surface area (Å²) in [6, 6.07) is 0. The zero-order chi connectivity index (χ0) is 13.1. The maximum absolute atomic E-state index is 11.9. The summed E-state index contributed by atoms with van der Waals surface area (Å²) < 4.78 is 0. The molecule has 0 aromatic rings. The molecule has 0 spiro atoms. The van der Waals surface area contributed by atoms with E-state index in [2.05, 4.69) is 6.92 Å². The quantitative estimate of drug-likeness (QED) is 0.526. The number of Topliss-reactive ketones (excluding diaryl/α,β-unsaturated/α-hetero) is 2. The minimum absolute atomic E-state index is 0.127. The minimum Gasteiger partial charge on any atom is -0.298 e. The van der Waals surface area contributed by atoms with Crippen LogP contribution >= 0.6 is 11.8 Å². The fourth-order valence-electron chi connectivity index (χ4n) is 2.70. The van der Waals surface area contributed by atoms with E-state index in [-0.39, 0.29) is 22.4 Å². The highest BCUT2D eigenvalue weighted by Gasteiger charge is 2.44. The van der Waals surface area contributed by atoms with E-state index < -0.39 is 5.92 Å². The fourth-order valence-corrected chi connectivity index (χ4v) is 3.58. The standard InChI is InChI=1S/C14H20O3S/c1-2-3-4-5-9-6-10(9)7-11(15)13-12(16)8-18-14(13)17/h9-10,13H,2-8H2,1H3. The van der Waals surface area contributed by atoms with Crippen molar-refractivity contribution in [1.82, 2.24) is 0 Å². The highest BCUT2D eigenvalue weighted by atomic mass is 32.2. The third-order valence-corrected chi connectivity index (χ3v) is 4.90. The Hall–Kier alpha value is -0.640. The van der Waals surface area contributed by atoms with E-state index in [0.717, 1.165) is 18.2 Å². The molecule has 1 saturated carbocycles. The molecular formula is C14H20O3S. The SMILES string of the molecule is CCCCCC1CC1CC(=O)C1C(=O)CSC1=O. The molecule has 100 valence electrons. The summed E-state index contributed by atoms with van der Waals surface area (Å²) in [6.07, 6.45) is 6.47. The first-order chi connectivity index (χ1) is 8.63. The van der Waals surface area contributed by atoms with Gasteiger partial charge in [0.25, 0.3) is 0 Å². The second kappa shape index (κ2) is 6.00. The molecule has 2 aliphatic rings. The van der Waals surface area contributed by atoms with Crippen molar-refractivity contribution in [2.24, 2.45) is 17.8 Å². The Bertz CT molecular complexity index is 348.